The van der Waals surface area contributed by atoms with E-state index < -0.39 is 47.8 Å². The molecule has 1 aliphatic carbocycles. The molecule has 3 aromatic rings. The first-order chi connectivity index (χ1) is 17.0. The molecule has 9 nitrogen and oxygen atoms in total. The number of phenols is 1. The predicted octanol–water partition coefficient (Wildman–Crippen LogP) is 2.45. The van der Waals surface area contributed by atoms with Crippen LogP contribution in [0.25, 0.3) is 0 Å². The summed E-state index contributed by atoms with van der Waals surface area (Å²) in [5.41, 5.74) is 5.83. The minimum absolute atomic E-state index is 0.0258. The number of nitrogens with two attached hydrogens (primary N) is 1. The number of benzene rings is 3. The van der Waals surface area contributed by atoms with Gasteiger partial charge in [-0.1, -0.05) is 43.3 Å². The molecule has 0 amide bonds. The van der Waals surface area contributed by atoms with Crippen molar-refractivity contribution in [3.05, 3.63) is 82.4 Å². The molecule has 1 aliphatic rings. The van der Waals surface area contributed by atoms with E-state index in [1.54, 1.807) is 12.1 Å². The summed E-state index contributed by atoms with van der Waals surface area (Å²) in [5, 5.41) is 10.5. The third-order valence-electron chi connectivity index (χ3n) is 5.95. The molecule has 0 fully saturated rings. The van der Waals surface area contributed by atoms with Crippen molar-refractivity contribution in [2.45, 2.75) is 29.6 Å². The van der Waals surface area contributed by atoms with Crippen molar-refractivity contribution in [1.82, 2.24) is 4.72 Å². The number of nitrogen functional groups attached to an aromatic ring is 1. The van der Waals surface area contributed by atoms with E-state index in [1.165, 1.54) is 36.4 Å². The maximum absolute atomic E-state index is 13.1. The number of fused-ring (bicyclic) bond motifs is 2. The highest BCUT2D eigenvalue weighted by Crippen LogP contribution is 2.39. The third kappa shape index (κ3) is 4.52. The number of carbonyl (C=O) groups is 2. The number of sulfonamides is 1. The Bertz CT molecular complexity index is 1590. The second-order valence-corrected chi connectivity index (χ2v) is 12.2. The highest BCUT2D eigenvalue weighted by Gasteiger charge is 2.36. The number of nitrogens with one attached hydrogen (secondary N) is 1. The van der Waals surface area contributed by atoms with Crippen LogP contribution in [0.15, 0.2) is 64.4 Å². The van der Waals surface area contributed by atoms with Crippen molar-refractivity contribution >= 4 is 37.1 Å². The number of aromatic hydroxyl groups is 1. The second-order valence-electron chi connectivity index (χ2n) is 8.37. The zero-order valence-electron chi connectivity index (χ0n) is 19.3. The first-order valence-corrected chi connectivity index (χ1v) is 14.3. The van der Waals surface area contributed by atoms with Gasteiger partial charge in [0.2, 0.25) is 10.0 Å². The zero-order chi connectivity index (χ0) is 26.3. The van der Waals surface area contributed by atoms with Gasteiger partial charge in [0, 0.05) is 23.7 Å². The van der Waals surface area contributed by atoms with Gasteiger partial charge in [-0.05, 0) is 30.5 Å². The topological polar surface area (TPSA) is 161 Å². The molecular weight excluding hydrogens is 504 g/mol. The maximum Gasteiger partial charge on any atom is 0.240 e. The van der Waals surface area contributed by atoms with Crippen LogP contribution in [0.2, 0.25) is 0 Å². The monoisotopic (exact) mass is 528 g/mol. The van der Waals surface area contributed by atoms with Gasteiger partial charge in [0.05, 0.1) is 32.4 Å². The van der Waals surface area contributed by atoms with E-state index in [1.807, 2.05) is 6.92 Å². The number of rotatable bonds is 8. The van der Waals surface area contributed by atoms with Gasteiger partial charge in [-0.2, -0.15) is 0 Å². The molecule has 0 radical (unpaired) electrons. The quantitative estimate of drug-likeness (QED) is 0.232. The summed E-state index contributed by atoms with van der Waals surface area (Å²) >= 11 is 0. The van der Waals surface area contributed by atoms with Crippen LogP contribution in [-0.2, 0) is 26.3 Å². The molecule has 4 rings (SSSR count). The molecule has 11 heteroatoms. The van der Waals surface area contributed by atoms with E-state index in [2.05, 4.69) is 4.72 Å². The van der Waals surface area contributed by atoms with E-state index in [-0.39, 0.29) is 39.3 Å². The van der Waals surface area contributed by atoms with Crippen molar-refractivity contribution in [3.63, 3.8) is 0 Å². The SMILES string of the molecule is CCCNS(=O)(=O)c1ccc(CCS(=O)(=O)c2cc(O)c3c(c2N)C(=O)c2ccccc2C3=O)cc1. The number of sulfone groups is 1. The van der Waals surface area contributed by atoms with Crippen LogP contribution in [0.5, 0.6) is 5.75 Å². The molecule has 0 aromatic heterocycles. The number of hydrogen-bond acceptors (Lipinski definition) is 8. The number of hydrogen-bond donors (Lipinski definition) is 3. The van der Waals surface area contributed by atoms with Crippen LogP contribution >= 0.6 is 0 Å². The standard InChI is InChI=1S/C25H24N2O7S2/c1-2-12-27-36(33,34)16-9-7-15(8-10-16)11-13-35(31,32)20-14-19(28)21-22(23(20)26)25(30)18-6-4-3-5-17(18)24(21)29/h3-10,14,27-28H,2,11-13,26H2,1H3. The third-order valence-corrected chi connectivity index (χ3v) is 9.18. The lowest BCUT2D eigenvalue weighted by Crippen LogP contribution is -2.24. The van der Waals surface area contributed by atoms with Crippen molar-refractivity contribution in [1.29, 1.82) is 0 Å². The van der Waals surface area contributed by atoms with Crippen LogP contribution in [0.4, 0.5) is 5.69 Å². The summed E-state index contributed by atoms with van der Waals surface area (Å²) < 4.78 is 53.2. The van der Waals surface area contributed by atoms with Gasteiger partial charge in [0.15, 0.2) is 21.4 Å². The first-order valence-electron chi connectivity index (χ1n) is 11.1. The lowest BCUT2D eigenvalue weighted by Gasteiger charge is -2.21. The molecule has 3 aromatic carbocycles. The highest BCUT2D eigenvalue weighted by molar-refractivity contribution is 7.91. The van der Waals surface area contributed by atoms with Gasteiger partial charge in [-0.15, -0.1) is 0 Å². The molecule has 0 unspecified atom stereocenters. The Kier molecular flexibility index (Phi) is 6.74. The Balaban J connectivity index is 1.62. The molecule has 188 valence electrons. The normalized spacial score (nSPS) is 13.4. The Morgan fingerprint density at radius 1 is 0.889 bits per heavy atom. The predicted molar refractivity (Wildman–Crippen MR) is 134 cm³/mol. The molecular formula is C25H24N2O7S2. The zero-order valence-corrected chi connectivity index (χ0v) is 20.9. The number of anilines is 1. The van der Waals surface area contributed by atoms with Crippen molar-refractivity contribution in [2.24, 2.45) is 0 Å². The lowest BCUT2D eigenvalue weighted by molar-refractivity contribution is 0.0977. The smallest absolute Gasteiger partial charge is 0.240 e. The molecule has 0 saturated carbocycles. The molecule has 4 N–H and O–H groups in total. The van der Waals surface area contributed by atoms with Gasteiger partial charge >= 0.3 is 0 Å². The van der Waals surface area contributed by atoms with Crippen LogP contribution in [0, 0.1) is 0 Å². The van der Waals surface area contributed by atoms with Gasteiger partial charge < -0.3 is 10.8 Å². The number of phenolic OH excluding ortho intramolecular Hbond substituents is 1. The Morgan fingerprint density at radius 3 is 2.06 bits per heavy atom. The average Bonchev–Trinajstić information content (AvgIpc) is 2.86. The fourth-order valence-corrected chi connectivity index (χ4v) is 6.64. The number of carbonyl (C=O) groups excluding carboxylic acids is 2. The summed E-state index contributed by atoms with van der Waals surface area (Å²) in [7, 11) is -7.74. The number of aryl methyl sites for hydroxylation is 1. The summed E-state index contributed by atoms with van der Waals surface area (Å²) in [4.78, 5) is 25.6. The van der Waals surface area contributed by atoms with E-state index >= 15 is 0 Å². The minimum atomic E-state index is -4.09. The van der Waals surface area contributed by atoms with Gasteiger partial charge in [0.1, 0.15) is 5.75 Å². The molecule has 0 heterocycles. The van der Waals surface area contributed by atoms with Crippen LogP contribution in [0.1, 0.15) is 50.8 Å². The summed E-state index contributed by atoms with van der Waals surface area (Å²) in [6.07, 6.45) is 0.668. The maximum atomic E-state index is 13.1. The average molecular weight is 529 g/mol. The fourth-order valence-electron chi connectivity index (χ4n) is 4.05. The summed E-state index contributed by atoms with van der Waals surface area (Å²) in [5.74, 6) is -2.32. The molecule has 0 atom stereocenters. The lowest BCUT2D eigenvalue weighted by atomic mass is 9.83. The Labute approximate surface area is 208 Å². The number of ketones is 2. The van der Waals surface area contributed by atoms with Crippen LogP contribution in [-0.4, -0.2) is 45.8 Å². The largest absolute Gasteiger partial charge is 0.507 e. The van der Waals surface area contributed by atoms with E-state index in [0.717, 1.165) is 6.07 Å². The molecule has 0 aliphatic heterocycles. The van der Waals surface area contributed by atoms with Crippen molar-refractivity contribution in [2.75, 3.05) is 18.0 Å². The molecule has 36 heavy (non-hydrogen) atoms. The van der Waals surface area contributed by atoms with Gasteiger partial charge in [-0.25, -0.2) is 21.6 Å². The van der Waals surface area contributed by atoms with Crippen LogP contribution < -0.4 is 10.5 Å². The summed E-state index contributed by atoms with van der Waals surface area (Å²) in [6.45, 7) is 2.14. The summed E-state index contributed by atoms with van der Waals surface area (Å²) in [6, 6.07) is 12.8. The van der Waals surface area contributed by atoms with E-state index in [0.29, 0.717) is 18.5 Å². The van der Waals surface area contributed by atoms with Crippen molar-refractivity contribution in [3.8, 4) is 5.75 Å². The second kappa shape index (κ2) is 9.49. The van der Waals surface area contributed by atoms with E-state index in [9.17, 15) is 31.5 Å². The Morgan fingerprint density at radius 2 is 1.47 bits per heavy atom. The fraction of sp³-hybridized carbons (Fsp3) is 0.200. The minimum Gasteiger partial charge on any atom is -0.507 e. The molecule has 0 spiro atoms. The molecule has 0 saturated heterocycles. The molecule has 0 bridgehead atoms. The van der Waals surface area contributed by atoms with E-state index in [4.69, 9.17) is 5.73 Å². The van der Waals surface area contributed by atoms with Gasteiger partial charge in [0.25, 0.3) is 0 Å². The Hall–Kier alpha value is -3.54. The van der Waals surface area contributed by atoms with Gasteiger partial charge in [-0.3, -0.25) is 9.59 Å². The highest BCUT2D eigenvalue weighted by atomic mass is 32.2. The first kappa shape index (κ1) is 25.5. The van der Waals surface area contributed by atoms with Crippen molar-refractivity contribution < 1.29 is 31.5 Å². The van der Waals surface area contributed by atoms with Crippen LogP contribution in [0.3, 0.4) is 0 Å².